The van der Waals surface area contributed by atoms with E-state index in [1.807, 2.05) is 48.5 Å². The molecular weight excluding hydrogens is 278 g/mol. The molecule has 1 aromatic heterocycles. The number of benzene rings is 2. The summed E-state index contributed by atoms with van der Waals surface area (Å²) in [6, 6.07) is 15.0. The first kappa shape index (κ1) is 14.3. The predicted molar refractivity (Wildman–Crippen MR) is 86.0 cm³/mol. The summed E-state index contributed by atoms with van der Waals surface area (Å²) < 4.78 is 5.10. The van der Waals surface area contributed by atoms with Crippen LogP contribution >= 0.6 is 0 Å². The fraction of sp³-hybridized carbons (Fsp3) is 0.176. The van der Waals surface area contributed by atoms with Crippen molar-refractivity contribution in [3.63, 3.8) is 0 Å². The molecule has 2 aromatic carbocycles. The first-order valence-electron chi connectivity index (χ1n) is 7.04. The van der Waals surface area contributed by atoms with Gasteiger partial charge in [-0.05, 0) is 29.8 Å². The number of hydrogen-bond acceptors (Lipinski definition) is 5. The van der Waals surface area contributed by atoms with Gasteiger partial charge in [-0.1, -0.05) is 24.3 Å². The normalized spacial score (nSPS) is 12.1. The Morgan fingerprint density at radius 2 is 1.82 bits per heavy atom. The summed E-state index contributed by atoms with van der Waals surface area (Å²) in [6.07, 6.45) is 1.04. The van der Waals surface area contributed by atoms with Crippen molar-refractivity contribution in [2.75, 3.05) is 19.0 Å². The van der Waals surface area contributed by atoms with Crippen LogP contribution in [0.25, 0.3) is 11.0 Å². The fourth-order valence-electron chi connectivity index (χ4n) is 2.19. The molecule has 0 amide bonds. The maximum atomic E-state index is 10.2. The van der Waals surface area contributed by atoms with Crippen LogP contribution in [0.1, 0.15) is 11.7 Å². The number of para-hydroxylation sites is 2. The third kappa shape index (κ3) is 3.15. The van der Waals surface area contributed by atoms with Gasteiger partial charge in [-0.2, -0.15) is 0 Å². The highest BCUT2D eigenvalue weighted by molar-refractivity contribution is 5.75. The Morgan fingerprint density at radius 1 is 1.09 bits per heavy atom. The van der Waals surface area contributed by atoms with Crippen molar-refractivity contribution in [1.82, 2.24) is 9.97 Å². The number of aromatic nitrogens is 2. The molecule has 0 saturated heterocycles. The number of anilines is 1. The highest BCUT2D eigenvalue weighted by Gasteiger charge is 2.08. The zero-order chi connectivity index (χ0) is 15.4. The molecule has 0 bridgehead atoms. The van der Waals surface area contributed by atoms with Crippen molar-refractivity contribution in [3.05, 3.63) is 60.3 Å². The van der Waals surface area contributed by atoms with Gasteiger partial charge in [0.25, 0.3) is 0 Å². The van der Waals surface area contributed by atoms with Crippen LogP contribution in [0.15, 0.2) is 54.7 Å². The molecule has 0 saturated carbocycles. The minimum absolute atomic E-state index is 0.360. The summed E-state index contributed by atoms with van der Waals surface area (Å²) in [5.41, 5.74) is 2.50. The number of hydrogen-bond donors (Lipinski definition) is 2. The molecule has 2 N–H and O–H groups in total. The summed E-state index contributed by atoms with van der Waals surface area (Å²) in [5, 5.41) is 13.3. The molecule has 1 heterocycles. The minimum Gasteiger partial charge on any atom is -0.497 e. The average Bonchev–Trinajstić information content (AvgIpc) is 2.59. The molecule has 0 spiro atoms. The van der Waals surface area contributed by atoms with E-state index >= 15 is 0 Å². The number of fused-ring (bicyclic) bond motifs is 1. The smallest absolute Gasteiger partial charge is 0.145 e. The van der Waals surface area contributed by atoms with Crippen LogP contribution in [0.2, 0.25) is 0 Å². The Kier molecular flexibility index (Phi) is 4.16. The van der Waals surface area contributed by atoms with E-state index < -0.39 is 6.10 Å². The lowest BCUT2D eigenvalue weighted by Gasteiger charge is -2.13. The van der Waals surface area contributed by atoms with Crippen molar-refractivity contribution in [1.29, 1.82) is 0 Å². The molecule has 0 aliphatic carbocycles. The average molecular weight is 295 g/mol. The maximum Gasteiger partial charge on any atom is 0.145 e. The zero-order valence-corrected chi connectivity index (χ0v) is 12.2. The molecular formula is C17H17N3O2. The van der Waals surface area contributed by atoms with Crippen LogP contribution in [0.5, 0.6) is 5.75 Å². The molecule has 5 nitrogen and oxygen atoms in total. The number of nitrogens with one attached hydrogen (secondary N) is 1. The van der Waals surface area contributed by atoms with E-state index in [1.54, 1.807) is 13.3 Å². The molecule has 0 fully saturated rings. The molecule has 112 valence electrons. The van der Waals surface area contributed by atoms with E-state index in [0.717, 1.165) is 22.3 Å². The van der Waals surface area contributed by atoms with Crippen LogP contribution in [0.3, 0.4) is 0 Å². The van der Waals surface area contributed by atoms with Crippen molar-refractivity contribution < 1.29 is 9.84 Å². The third-order valence-electron chi connectivity index (χ3n) is 3.43. The maximum absolute atomic E-state index is 10.2. The van der Waals surface area contributed by atoms with E-state index in [4.69, 9.17) is 4.74 Å². The van der Waals surface area contributed by atoms with Gasteiger partial charge in [0.2, 0.25) is 0 Å². The van der Waals surface area contributed by atoms with Crippen LogP contribution in [-0.2, 0) is 0 Å². The van der Waals surface area contributed by atoms with Gasteiger partial charge in [0.15, 0.2) is 0 Å². The van der Waals surface area contributed by atoms with Gasteiger partial charge >= 0.3 is 0 Å². The van der Waals surface area contributed by atoms with Crippen LogP contribution in [0, 0.1) is 0 Å². The Balaban J connectivity index is 1.67. The molecule has 22 heavy (non-hydrogen) atoms. The SMILES string of the molecule is COc1ccc([C@H](O)CNc2cnc3ccccc3n2)cc1. The number of methoxy groups -OCH3 is 1. The van der Waals surface area contributed by atoms with Gasteiger partial charge in [0, 0.05) is 6.54 Å². The van der Waals surface area contributed by atoms with Crippen molar-refractivity contribution in [3.8, 4) is 5.75 Å². The summed E-state index contributed by atoms with van der Waals surface area (Å²) in [6.45, 7) is 0.360. The summed E-state index contributed by atoms with van der Waals surface area (Å²) in [4.78, 5) is 8.79. The lowest BCUT2D eigenvalue weighted by molar-refractivity contribution is 0.191. The number of aliphatic hydroxyl groups is 1. The minimum atomic E-state index is -0.626. The zero-order valence-electron chi connectivity index (χ0n) is 12.2. The molecule has 3 rings (SSSR count). The highest BCUT2D eigenvalue weighted by Crippen LogP contribution is 2.18. The highest BCUT2D eigenvalue weighted by atomic mass is 16.5. The van der Waals surface area contributed by atoms with E-state index in [1.165, 1.54) is 0 Å². The van der Waals surface area contributed by atoms with Crippen LogP contribution in [-0.4, -0.2) is 28.7 Å². The van der Waals surface area contributed by atoms with Gasteiger partial charge in [-0.3, -0.25) is 4.98 Å². The Labute approximate surface area is 128 Å². The van der Waals surface area contributed by atoms with Gasteiger partial charge < -0.3 is 15.2 Å². The van der Waals surface area contributed by atoms with E-state index in [0.29, 0.717) is 12.4 Å². The largest absolute Gasteiger partial charge is 0.497 e. The Hall–Kier alpha value is -2.66. The van der Waals surface area contributed by atoms with Gasteiger partial charge in [-0.15, -0.1) is 0 Å². The van der Waals surface area contributed by atoms with Gasteiger partial charge in [0.1, 0.15) is 11.6 Å². The van der Waals surface area contributed by atoms with Crippen molar-refractivity contribution in [2.24, 2.45) is 0 Å². The van der Waals surface area contributed by atoms with Gasteiger partial charge in [-0.25, -0.2) is 4.98 Å². The Bertz CT molecular complexity index is 759. The number of aliphatic hydroxyl groups excluding tert-OH is 1. The molecule has 0 aliphatic heterocycles. The second kappa shape index (κ2) is 6.41. The first-order valence-corrected chi connectivity index (χ1v) is 7.04. The monoisotopic (exact) mass is 295 g/mol. The second-order valence-corrected chi connectivity index (χ2v) is 4.91. The molecule has 0 aliphatic rings. The second-order valence-electron chi connectivity index (χ2n) is 4.91. The quantitative estimate of drug-likeness (QED) is 0.757. The van der Waals surface area contributed by atoms with Crippen molar-refractivity contribution >= 4 is 16.9 Å². The third-order valence-corrected chi connectivity index (χ3v) is 3.43. The molecule has 5 heteroatoms. The molecule has 1 atom stereocenters. The summed E-state index contributed by atoms with van der Waals surface area (Å²) in [7, 11) is 1.62. The lowest BCUT2D eigenvalue weighted by Crippen LogP contribution is -2.13. The van der Waals surface area contributed by atoms with Crippen molar-refractivity contribution in [2.45, 2.75) is 6.10 Å². The van der Waals surface area contributed by atoms with Crippen LogP contribution < -0.4 is 10.1 Å². The predicted octanol–water partition coefficient (Wildman–Crippen LogP) is 2.78. The number of ether oxygens (including phenoxy) is 1. The first-order chi connectivity index (χ1) is 10.8. The van der Waals surface area contributed by atoms with Crippen LogP contribution in [0.4, 0.5) is 5.82 Å². The molecule has 0 unspecified atom stereocenters. The standard InChI is InChI=1S/C17H17N3O2/c1-22-13-8-6-12(7-9-13)16(21)10-19-17-11-18-14-4-2-3-5-15(14)20-17/h2-9,11,16,21H,10H2,1H3,(H,19,20)/t16-/m1/s1. The van der Waals surface area contributed by atoms with E-state index in [9.17, 15) is 5.11 Å². The summed E-state index contributed by atoms with van der Waals surface area (Å²) >= 11 is 0. The number of rotatable bonds is 5. The lowest BCUT2D eigenvalue weighted by atomic mass is 10.1. The Morgan fingerprint density at radius 3 is 2.55 bits per heavy atom. The summed E-state index contributed by atoms with van der Waals surface area (Å²) in [5.74, 6) is 1.41. The van der Waals surface area contributed by atoms with Gasteiger partial charge in [0.05, 0.1) is 30.4 Å². The topological polar surface area (TPSA) is 67.3 Å². The van der Waals surface area contributed by atoms with E-state index in [-0.39, 0.29) is 0 Å². The molecule has 0 radical (unpaired) electrons. The number of nitrogens with zero attached hydrogens (tertiary/aromatic N) is 2. The fourth-order valence-corrected chi connectivity index (χ4v) is 2.19. The molecule has 3 aromatic rings. The van der Waals surface area contributed by atoms with E-state index in [2.05, 4.69) is 15.3 Å².